The molecule has 0 saturated carbocycles. The first-order valence-electron chi connectivity index (χ1n) is 12.1. The molecule has 1 aromatic rings. The number of aryl methyl sites for hydroxylation is 1. The predicted octanol–water partition coefficient (Wildman–Crippen LogP) is 4.74. The summed E-state index contributed by atoms with van der Waals surface area (Å²) in [5.74, 6) is -0.713. The second-order valence-corrected chi connectivity index (χ2v) is 9.75. The van der Waals surface area contributed by atoms with Crippen LogP contribution in [0.2, 0.25) is 0 Å². The average Bonchev–Trinajstić information content (AvgIpc) is 2.72. The number of hydrogen-bond donors (Lipinski definition) is 2. The first-order valence-corrected chi connectivity index (χ1v) is 12.1. The van der Waals surface area contributed by atoms with Crippen molar-refractivity contribution in [3.05, 3.63) is 35.4 Å². The van der Waals surface area contributed by atoms with E-state index in [0.717, 1.165) is 30.4 Å². The lowest BCUT2D eigenvalue weighted by molar-refractivity contribution is -0.143. The van der Waals surface area contributed by atoms with Crippen molar-refractivity contribution in [3.8, 4) is 0 Å². The number of amides is 3. The summed E-state index contributed by atoms with van der Waals surface area (Å²) < 4.78 is 5.37. The molecule has 0 spiro atoms. The van der Waals surface area contributed by atoms with Gasteiger partial charge in [0.25, 0.3) is 0 Å². The molecule has 2 N–H and O–H groups in total. The summed E-state index contributed by atoms with van der Waals surface area (Å²) in [5.41, 5.74) is 1.03. The number of rotatable bonds is 11. The van der Waals surface area contributed by atoms with Crippen LogP contribution >= 0.6 is 0 Å². The lowest BCUT2D eigenvalue weighted by Crippen LogP contribution is -2.55. The minimum Gasteiger partial charge on any atom is -0.444 e. The molecule has 0 heterocycles. The van der Waals surface area contributed by atoms with Gasteiger partial charge < -0.3 is 20.3 Å². The van der Waals surface area contributed by atoms with E-state index in [2.05, 4.69) is 17.6 Å². The minimum atomic E-state index is -0.820. The molecule has 0 aromatic heterocycles. The zero-order chi connectivity index (χ0) is 25.2. The standard InChI is InChI=1S/C26H43N3O4/c1-9-11-14-17-27-23(30)22(20-16-13-12-15-19(20)5)29(10-2)24(31)21(18(3)4)28-25(32)33-26(6,7)8/h12-13,15-16,18,21-22H,9-11,14,17H2,1-8H3,(H,27,30)(H,28,32). The largest absolute Gasteiger partial charge is 0.444 e. The van der Waals surface area contributed by atoms with Crippen LogP contribution in [0.5, 0.6) is 0 Å². The van der Waals surface area contributed by atoms with Crippen molar-refractivity contribution in [1.29, 1.82) is 0 Å². The van der Waals surface area contributed by atoms with Gasteiger partial charge in [-0.1, -0.05) is 57.9 Å². The van der Waals surface area contributed by atoms with Gasteiger partial charge in [-0.3, -0.25) is 9.59 Å². The molecule has 1 aromatic carbocycles. The zero-order valence-corrected chi connectivity index (χ0v) is 21.7. The predicted molar refractivity (Wildman–Crippen MR) is 132 cm³/mol. The Morgan fingerprint density at radius 1 is 1.06 bits per heavy atom. The molecule has 3 amide bonds. The van der Waals surface area contributed by atoms with Gasteiger partial charge in [0.1, 0.15) is 17.7 Å². The number of alkyl carbamates (subject to hydrolysis) is 1. The lowest BCUT2D eigenvalue weighted by Gasteiger charge is -2.35. The number of likely N-dealkylation sites (N-methyl/N-ethyl adjacent to an activating group) is 1. The maximum Gasteiger partial charge on any atom is 0.408 e. The topological polar surface area (TPSA) is 87.7 Å². The van der Waals surface area contributed by atoms with Crippen LogP contribution in [-0.4, -0.2) is 47.5 Å². The summed E-state index contributed by atoms with van der Waals surface area (Å²) in [6, 6.07) is 5.99. The van der Waals surface area contributed by atoms with Crippen LogP contribution in [0.15, 0.2) is 24.3 Å². The number of carbonyl (C=O) groups is 3. The molecule has 0 saturated heterocycles. The smallest absolute Gasteiger partial charge is 0.408 e. The summed E-state index contributed by atoms with van der Waals surface area (Å²) in [7, 11) is 0. The van der Waals surface area contributed by atoms with E-state index in [4.69, 9.17) is 4.74 Å². The number of unbranched alkanes of at least 4 members (excludes halogenated alkanes) is 2. The van der Waals surface area contributed by atoms with E-state index in [-0.39, 0.29) is 17.7 Å². The van der Waals surface area contributed by atoms with Crippen molar-refractivity contribution in [2.24, 2.45) is 5.92 Å². The fraction of sp³-hybridized carbons (Fsp3) is 0.654. The van der Waals surface area contributed by atoms with Gasteiger partial charge in [0.05, 0.1) is 0 Å². The third-order valence-corrected chi connectivity index (χ3v) is 5.35. The van der Waals surface area contributed by atoms with Gasteiger partial charge in [-0.15, -0.1) is 0 Å². The van der Waals surface area contributed by atoms with Crippen molar-refractivity contribution in [3.63, 3.8) is 0 Å². The lowest BCUT2D eigenvalue weighted by atomic mass is 9.96. The fourth-order valence-electron chi connectivity index (χ4n) is 3.62. The van der Waals surface area contributed by atoms with E-state index >= 15 is 0 Å². The molecule has 0 radical (unpaired) electrons. The molecule has 7 heteroatoms. The van der Waals surface area contributed by atoms with Gasteiger partial charge in [0, 0.05) is 13.1 Å². The molecule has 33 heavy (non-hydrogen) atoms. The van der Waals surface area contributed by atoms with Crippen LogP contribution in [0, 0.1) is 12.8 Å². The Kier molecular flexibility index (Phi) is 11.4. The number of hydrogen-bond acceptors (Lipinski definition) is 4. The highest BCUT2D eigenvalue weighted by Crippen LogP contribution is 2.26. The highest BCUT2D eigenvalue weighted by molar-refractivity contribution is 5.92. The Hall–Kier alpha value is -2.57. The van der Waals surface area contributed by atoms with E-state index in [1.54, 1.807) is 25.7 Å². The molecule has 7 nitrogen and oxygen atoms in total. The zero-order valence-electron chi connectivity index (χ0n) is 21.7. The summed E-state index contributed by atoms with van der Waals surface area (Å²) >= 11 is 0. The molecule has 0 fully saturated rings. The second kappa shape index (κ2) is 13.2. The van der Waals surface area contributed by atoms with Crippen LogP contribution in [0.25, 0.3) is 0 Å². The molecule has 2 unspecified atom stereocenters. The molecule has 2 atom stereocenters. The monoisotopic (exact) mass is 461 g/mol. The molecular weight excluding hydrogens is 418 g/mol. The van der Waals surface area contributed by atoms with Crippen molar-refractivity contribution < 1.29 is 19.1 Å². The first-order chi connectivity index (χ1) is 15.4. The Bertz CT molecular complexity index is 786. The van der Waals surface area contributed by atoms with Crippen LogP contribution in [0.4, 0.5) is 4.79 Å². The molecule has 0 aliphatic heterocycles. The summed E-state index contributed by atoms with van der Waals surface area (Å²) in [5, 5.41) is 5.73. The van der Waals surface area contributed by atoms with E-state index in [0.29, 0.717) is 13.1 Å². The van der Waals surface area contributed by atoms with Gasteiger partial charge >= 0.3 is 6.09 Å². The molecular formula is C26H43N3O4. The summed E-state index contributed by atoms with van der Waals surface area (Å²) in [6.45, 7) is 15.8. The highest BCUT2D eigenvalue weighted by atomic mass is 16.6. The van der Waals surface area contributed by atoms with Gasteiger partial charge in [-0.25, -0.2) is 4.79 Å². The van der Waals surface area contributed by atoms with Gasteiger partial charge in [-0.2, -0.15) is 0 Å². The van der Waals surface area contributed by atoms with Gasteiger partial charge in [0.15, 0.2) is 0 Å². The molecule has 1 rings (SSSR count). The van der Waals surface area contributed by atoms with Crippen LogP contribution in [0.3, 0.4) is 0 Å². The maximum atomic E-state index is 13.7. The SMILES string of the molecule is CCCCCNC(=O)C(c1ccccc1C)N(CC)C(=O)C(NC(=O)OC(C)(C)C)C(C)C. The van der Waals surface area contributed by atoms with E-state index in [1.807, 2.05) is 52.0 Å². The van der Waals surface area contributed by atoms with Gasteiger partial charge in [0.2, 0.25) is 11.8 Å². The molecule has 0 aliphatic carbocycles. The Labute approximate surface area is 199 Å². The summed E-state index contributed by atoms with van der Waals surface area (Å²) in [4.78, 5) is 41.0. The van der Waals surface area contributed by atoms with E-state index in [9.17, 15) is 14.4 Å². The van der Waals surface area contributed by atoms with Crippen LogP contribution in [0.1, 0.15) is 84.9 Å². The maximum absolute atomic E-state index is 13.7. The Morgan fingerprint density at radius 3 is 2.21 bits per heavy atom. The Balaban J connectivity index is 3.26. The van der Waals surface area contributed by atoms with E-state index in [1.165, 1.54) is 0 Å². The fourth-order valence-corrected chi connectivity index (χ4v) is 3.62. The van der Waals surface area contributed by atoms with E-state index < -0.39 is 23.8 Å². The Morgan fingerprint density at radius 2 is 1.70 bits per heavy atom. The second-order valence-electron chi connectivity index (χ2n) is 9.75. The number of ether oxygens (including phenoxy) is 1. The number of nitrogens with zero attached hydrogens (tertiary/aromatic N) is 1. The van der Waals surface area contributed by atoms with Crippen molar-refractivity contribution in [2.75, 3.05) is 13.1 Å². The van der Waals surface area contributed by atoms with Crippen molar-refractivity contribution >= 4 is 17.9 Å². The number of carbonyl (C=O) groups excluding carboxylic acids is 3. The highest BCUT2D eigenvalue weighted by Gasteiger charge is 2.37. The third-order valence-electron chi connectivity index (χ3n) is 5.35. The first kappa shape index (κ1) is 28.5. The van der Waals surface area contributed by atoms with Crippen LogP contribution < -0.4 is 10.6 Å². The number of nitrogens with one attached hydrogen (secondary N) is 2. The van der Waals surface area contributed by atoms with Crippen molar-refractivity contribution in [1.82, 2.24) is 15.5 Å². The van der Waals surface area contributed by atoms with Gasteiger partial charge in [-0.05, 0) is 58.1 Å². The van der Waals surface area contributed by atoms with Crippen molar-refractivity contribution in [2.45, 2.75) is 92.3 Å². The quantitative estimate of drug-likeness (QED) is 0.466. The third kappa shape index (κ3) is 9.06. The minimum absolute atomic E-state index is 0.191. The average molecular weight is 462 g/mol. The molecule has 0 bridgehead atoms. The summed E-state index contributed by atoms with van der Waals surface area (Å²) in [6.07, 6.45) is 2.32. The molecule has 0 aliphatic rings. The molecule has 186 valence electrons. The number of benzene rings is 1. The van der Waals surface area contributed by atoms with Crippen LogP contribution in [-0.2, 0) is 14.3 Å². The normalized spacial score (nSPS) is 13.2.